The summed E-state index contributed by atoms with van der Waals surface area (Å²) in [6.07, 6.45) is -2.15. The van der Waals surface area contributed by atoms with Crippen LogP contribution in [0.15, 0.2) is 36.4 Å². The average molecular weight is 358 g/mol. The van der Waals surface area contributed by atoms with Gasteiger partial charge in [0.15, 0.2) is 17.3 Å². The van der Waals surface area contributed by atoms with Crippen LogP contribution >= 0.6 is 0 Å². The number of aliphatic hydroxyl groups is 2. The summed E-state index contributed by atoms with van der Waals surface area (Å²) in [5.74, 6) is 0.0681. The minimum atomic E-state index is -1.15. The number of carbonyl (C=O) groups excluding carboxylic acids is 2. The third-order valence-corrected chi connectivity index (χ3v) is 3.99. The lowest BCUT2D eigenvalue weighted by Gasteiger charge is -2.16. The number of Topliss-reactive ketones (excluding diaryl/α,β-unsaturated/α-hetero) is 1. The summed E-state index contributed by atoms with van der Waals surface area (Å²) in [6.45, 7) is 2.85. The molecule has 3 rings (SSSR count). The van der Waals surface area contributed by atoms with Crippen LogP contribution in [0, 0.1) is 0 Å². The molecule has 0 bridgehead atoms. The van der Waals surface area contributed by atoms with Gasteiger partial charge in [-0.3, -0.25) is 4.79 Å². The molecule has 2 aromatic carbocycles. The Morgan fingerprint density at radius 3 is 2.50 bits per heavy atom. The summed E-state index contributed by atoms with van der Waals surface area (Å²) in [7, 11) is 0. The Morgan fingerprint density at radius 1 is 1.08 bits per heavy atom. The molecule has 0 aromatic heterocycles. The number of esters is 1. The standard InChI is InChI=1S/C19H18O7/c1-10(20)14-7-12(18(22)11(2)21)3-5-15(14)26-19(23)13-4-6-16-17(8-13)25-9-24-16/h3-8,11,18,21-22H,9H2,1-2H3/t11-,18+/m0/s1. The lowest BCUT2D eigenvalue weighted by molar-refractivity contribution is 0.0304. The highest BCUT2D eigenvalue weighted by Crippen LogP contribution is 2.33. The van der Waals surface area contributed by atoms with Crippen molar-refractivity contribution >= 4 is 11.8 Å². The van der Waals surface area contributed by atoms with Crippen LogP contribution in [0.1, 0.15) is 46.2 Å². The molecule has 0 saturated heterocycles. The zero-order chi connectivity index (χ0) is 18.8. The molecule has 0 fully saturated rings. The van der Waals surface area contributed by atoms with Gasteiger partial charge in [-0.05, 0) is 49.7 Å². The Hall–Kier alpha value is -2.90. The van der Waals surface area contributed by atoms with Crippen LogP contribution in [-0.4, -0.2) is 34.9 Å². The van der Waals surface area contributed by atoms with Crippen LogP contribution in [0.2, 0.25) is 0 Å². The molecule has 2 N–H and O–H groups in total. The van der Waals surface area contributed by atoms with Gasteiger partial charge in [-0.15, -0.1) is 0 Å². The molecule has 0 unspecified atom stereocenters. The van der Waals surface area contributed by atoms with Crippen molar-refractivity contribution in [1.29, 1.82) is 0 Å². The molecular weight excluding hydrogens is 340 g/mol. The molecule has 0 radical (unpaired) electrons. The lowest BCUT2D eigenvalue weighted by Crippen LogP contribution is -2.15. The van der Waals surface area contributed by atoms with Gasteiger partial charge in [0.2, 0.25) is 6.79 Å². The second kappa shape index (κ2) is 7.15. The molecule has 1 aliphatic heterocycles. The molecule has 0 spiro atoms. The number of aliphatic hydroxyl groups excluding tert-OH is 2. The number of hydrogen-bond acceptors (Lipinski definition) is 7. The van der Waals surface area contributed by atoms with Gasteiger partial charge < -0.3 is 24.4 Å². The number of carbonyl (C=O) groups is 2. The molecular formula is C19H18O7. The Bertz CT molecular complexity index is 857. The fourth-order valence-corrected chi connectivity index (χ4v) is 2.56. The number of rotatable bonds is 5. The maximum Gasteiger partial charge on any atom is 0.343 e. The second-order valence-corrected chi connectivity index (χ2v) is 5.95. The summed E-state index contributed by atoms with van der Waals surface area (Å²) < 4.78 is 15.8. The van der Waals surface area contributed by atoms with Crippen molar-refractivity contribution in [3.8, 4) is 17.2 Å². The number of benzene rings is 2. The van der Waals surface area contributed by atoms with Crippen molar-refractivity contribution in [3.05, 3.63) is 53.1 Å². The molecule has 1 heterocycles. The molecule has 7 heteroatoms. The summed E-state index contributed by atoms with van der Waals surface area (Å²) >= 11 is 0. The van der Waals surface area contributed by atoms with E-state index in [1.165, 1.54) is 44.2 Å². The normalized spacial score (nSPS) is 14.6. The first-order chi connectivity index (χ1) is 12.4. The van der Waals surface area contributed by atoms with Crippen LogP contribution in [-0.2, 0) is 0 Å². The monoisotopic (exact) mass is 358 g/mol. The van der Waals surface area contributed by atoms with E-state index in [1.54, 1.807) is 6.07 Å². The van der Waals surface area contributed by atoms with Crippen LogP contribution in [0.5, 0.6) is 17.2 Å². The average Bonchev–Trinajstić information content (AvgIpc) is 3.08. The summed E-state index contributed by atoms with van der Waals surface area (Å²) in [6, 6.07) is 8.96. The number of ketones is 1. The molecule has 136 valence electrons. The van der Waals surface area contributed by atoms with E-state index in [1.807, 2.05) is 0 Å². The summed E-state index contributed by atoms with van der Waals surface area (Å²) in [5.41, 5.74) is 0.737. The van der Waals surface area contributed by atoms with E-state index in [2.05, 4.69) is 0 Å². The van der Waals surface area contributed by atoms with E-state index < -0.39 is 18.2 Å². The topological polar surface area (TPSA) is 102 Å². The number of ether oxygens (including phenoxy) is 3. The van der Waals surface area contributed by atoms with Crippen molar-refractivity contribution in [2.45, 2.75) is 26.1 Å². The van der Waals surface area contributed by atoms with Gasteiger partial charge in [0, 0.05) is 0 Å². The third kappa shape index (κ3) is 3.54. The van der Waals surface area contributed by atoms with Gasteiger partial charge in [0.1, 0.15) is 11.9 Å². The second-order valence-electron chi connectivity index (χ2n) is 5.95. The summed E-state index contributed by atoms with van der Waals surface area (Å²) in [5, 5.41) is 19.5. The lowest BCUT2D eigenvalue weighted by atomic mass is 10.0. The quantitative estimate of drug-likeness (QED) is 0.480. The van der Waals surface area contributed by atoms with Gasteiger partial charge in [-0.1, -0.05) is 6.07 Å². The molecule has 0 aliphatic carbocycles. The smallest absolute Gasteiger partial charge is 0.343 e. The van der Waals surface area contributed by atoms with E-state index in [0.717, 1.165) is 0 Å². The highest BCUT2D eigenvalue weighted by atomic mass is 16.7. The van der Waals surface area contributed by atoms with Crippen molar-refractivity contribution in [2.75, 3.05) is 6.79 Å². The SMILES string of the molecule is CC(=O)c1cc([C@H](O)[C@H](C)O)ccc1OC(=O)c1ccc2c(c1)OCO2. The van der Waals surface area contributed by atoms with Gasteiger partial charge in [0.05, 0.1) is 17.2 Å². The van der Waals surface area contributed by atoms with E-state index in [9.17, 15) is 19.8 Å². The predicted molar refractivity (Wildman–Crippen MR) is 90.6 cm³/mol. The van der Waals surface area contributed by atoms with Gasteiger partial charge in [-0.2, -0.15) is 0 Å². The highest BCUT2D eigenvalue weighted by molar-refractivity contribution is 5.99. The van der Waals surface area contributed by atoms with Crippen molar-refractivity contribution in [2.24, 2.45) is 0 Å². The fourth-order valence-electron chi connectivity index (χ4n) is 2.56. The van der Waals surface area contributed by atoms with Crippen LogP contribution < -0.4 is 14.2 Å². The van der Waals surface area contributed by atoms with E-state index in [-0.39, 0.29) is 29.5 Å². The molecule has 26 heavy (non-hydrogen) atoms. The zero-order valence-electron chi connectivity index (χ0n) is 14.3. The predicted octanol–water partition coefficient (Wildman–Crippen LogP) is 2.25. The van der Waals surface area contributed by atoms with Crippen LogP contribution in [0.3, 0.4) is 0 Å². The molecule has 0 amide bonds. The zero-order valence-corrected chi connectivity index (χ0v) is 14.3. The molecule has 0 saturated carbocycles. The van der Waals surface area contributed by atoms with Crippen molar-refractivity contribution in [3.63, 3.8) is 0 Å². The fraction of sp³-hybridized carbons (Fsp3) is 0.263. The van der Waals surface area contributed by atoms with E-state index in [4.69, 9.17) is 14.2 Å². The molecule has 7 nitrogen and oxygen atoms in total. The van der Waals surface area contributed by atoms with Gasteiger partial charge in [0.25, 0.3) is 0 Å². The Kier molecular flexibility index (Phi) is 4.92. The first-order valence-corrected chi connectivity index (χ1v) is 7.99. The maximum atomic E-state index is 12.4. The largest absolute Gasteiger partial charge is 0.454 e. The minimum absolute atomic E-state index is 0.0710. The highest BCUT2D eigenvalue weighted by Gasteiger charge is 2.21. The molecule has 2 atom stereocenters. The molecule has 1 aliphatic rings. The van der Waals surface area contributed by atoms with Crippen LogP contribution in [0.25, 0.3) is 0 Å². The minimum Gasteiger partial charge on any atom is -0.454 e. The Morgan fingerprint density at radius 2 is 1.81 bits per heavy atom. The maximum absolute atomic E-state index is 12.4. The van der Waals surface area contributed by atoms with E-state index >= 15 is 0 Å². The van der Waals surface area contributed by atoms with E-state index in [0.29, 0.717) is 17.1 Å². The van der Waals surface area contributed by atoms with Crippen molar-refractivity contribution < 1.29 is 34.0 Å². The third-order valence-electron chi connectivity index (χ3n) is 3.99. The Labute approximate surface area is 149 Å². The van der Waals surface area contributed by atoms with Crippen LogP contribution in [0.4, 0.5) is 0 Å². The van der Waals surface area contributed by atoms with Gasteiger partial charge >= 0.3 is 5.97 Å². The van der Waals surface area contributed by atoms with Crippen molar-refractivity contribution in [1.82, 2.24) is 0 Å². The first-order valence-electron chi connectivity index (χ1n) is 7.99. The number of fused-ring (bicyclic) bond motifs is 1. The Balaban J connectivity index is 1.86. The molecule has 2 aromatic rings. The summed E-state index contributed by atoms with van der Waals surface area (Å²) in [4.78, 5) is 24.3. The van der Waals surface area contributed by atoms with Gasteiger partial charge in [-0.25, -0.2) is 4.79 Å². The number of hydrogen-bond donors (Lipinski definition) is 2. The first kappa shape index (κ1) is 17.9.